The van der Waals surface area contributed by atoms with Crippen molar-refractivity contribution in [3.8, 4) is 0 Å². The van der Waals surface area contributed by atoms with E-state index in [4.69, 9.17) is 0 Å². The maximum atomic E-state index is 12.4. The molecule has 1 heterocycles. The molecule has 0 saturated heterocycles. The smallest absolute Gasteiger partial charge is 0.261 e. The number of nitrogens with zero attached hydrogens (tertiary/aromatic N) is 2. The molecule has 0 aliphatic carbocycles. The molecule has 0 radical (unpaired) electrons. The van der Waals surface area contributed by atoms with E-state index in [0.717, 1.165) is 17.3 Å². The van der Waals surface area contributed by atoms with E-state index in [2.05, 4.69) is 40.1 Å². The highest BCUT2D eigenvalue weighted by Gasteiger charge is 2.11. The second kappa shape index (κ2) is 7.73. The van der Waals surface area contributed by atoms with Crippen molar-refractivity contribution in [2.24, 2.45) is 5.92 Å². The van der Waals surface area contributed by atoms with Gasteiger partial charge < -0.3 is 5.32 Å². The summed E-state index contributed by atoms with van der Waals surface area (Å²) in [6, 6.07) is 5.44. The number of aromatic nitrogens is 2. The van der Waals surface area contributed by atoms with Gasteiger partial charge in [0.25, 0.3) is 5.56 Å². The van der Waals surface area contributed by atoms with Gasteiger partial charge >= 0.3 is 0 Å². The first-order chi connectivity index (χ1) is 10.9. The molecule has 1 N–H and O–H groups in total. The average Bonchev–Trinajstić information content (AvgIpc) is 2.48. The quantitative estimate of drug-likeness (QED) is 0.838. The summed E-state index contributed by atoms with van der Waals surface area (Å²) in [7, 11) is 0. The Bertz CT molecular complexity index is 755. The maximum Gasteiger partial charge on any atom is 0.261 e. The van der Waals surface area contributed by atoms with Gasteiger partial charge in [0, 0.05) is 10.5 Å². The van der Waals surface area contributed by atoms with Crippen LogP contribution in [0.4, 0.5) is 0 Å². The fourth-order valence-electron chi connectivity index (χ4n) is 2.37. The van der Waals surface area contributed by atoms with Gasteiger partial charge in [0.2, 0.25) is 5.91 Å². The van der Waals surface area contributed by atoms with Gasteiger partial charge in [-0.1, -0.05) is 29.8 Å². The number of carbonyl (C=O) groups is 1. The second-order valence-corrected chi connectivity index (χ2v) is 7.19. The molecule has 0 aliphatic rings. The van der Waals surface area contributed by atoms with Crippen LogP contribution in [0.1, 0.15) is 33.6 Å². The monoisotopic (exact) mass is 379 g/mol. The molecule has 23 heavy (non-hydrogen) atoms. The standard InChI is InChI=1S/C17H22BrN3O2/c1-11(2)4-5-12(3)20-16(22)9-21-10-19-15-7-6-13(18)8-14(15)17(21)23/h6-8,10-12H,4-5,9H2,1-3H3,(H,20,22)/t12-/m0/s1. The normalized spacial score (nSPS) is 12.6. The van der Waals surface area contributed by atoms with Crippen molar-refractivity contribution in [1.29, 1.82) is 0 Å². The summed E-state index contributed by atoms with van der Waals surface area (Å²) in [5.41, 5.74) is 0.418. The summed E-state index contributed by atoms with van der Waals surface area (Å²) in [5, 5.41) is 3.44. The summed E-state index contributed by atoms with van der Waals surface area (Å²) >= 11 is 3.35. The number of carbonyl (C=O) groups excluding carboxylic acids is 1. The number of benzene rings is 1. The summed E-state index contributed by atoms with van der Waals surface area (Å²) in [6.07, 6.45) is 3.42. The van der Waals surface area contributed by atoms with Crippen molar-refractivity contribution in [2.75, 3.05) is 0 Å². The number of hydrogen-bond acceptors (Lipinski definition) is 3. The third-order valence-electron chi connectivity index (χ3n) is 3.68. The van der Waals surface area contributed by atoms with Gasteiger partial charge in [-0.15, -0.1) is 0 Å². The van der Waals surface area contributed by atoms with Crippen LogP contribution in [0.3, 0.4) is 0 Å². The Labute approximate surface area is 144 Å². The van der Waals surface area contributed by atoms with Crippen LogP contribution in [0.2, 0.25) is 0 Å². The van der Waals surface area contributed by atoms with Gasteiger partial charge in [-0.25, -0.2) is 4.98 Å². The summed E-state index contributed by atoms with van der Waals surface area (Å²) in [4.78, 5) is 28.8. The van der Waals surface area contributed by atoms with Gasteiger partial charge in [-0.2, -0.15) is 0 Å². The van der Waals surface area contributed by atoms with E-state index in [1.807, 2.05) is 13.0 Å². The molecular weight excluding hydrogens is 358 g/mol. The molecule has 1 aromatic carbocycles. The molecule has 0 saturated carbocycles. The van der Waals surface area contributed by atoms with E-state index >= 15 is 0 Å². The van der Waals surface area contributed by atoms with Crippen LogP contribution in [0.25, 0.3) is 10.9 Å². The van der Waals surface area contributed by atoms with Gasteiger partial charge in [-0.3, -0.25) is 14.2 Å². The topological polar surface area (TPSA) is 64.0 Å². The van der Waals surface area contributed by atoms with Crippen molar-refractivity contribution < 1.29 is 4.79 Å². The van der Waals surface area contributed by atoms with E-state index in [-0.39, 0.29) is 24.1 Å². The van der Waals surface area contributed by atoms with E-state index in [1.165, 1.54) is 10.9 Å². The summed E-state index contributed by atoms with van der Waals surface area (Å²) in [6.45, 7) is 6.29. The molecule has 0 unspecified atom stereocenters. The Kier molecular flexibility index (Phi) is 5.93. The lowest BCUT2D eigenvalue weighted by atomic mass is 10.0. The first kappa shape index (κ1) is 17.7. The number of rotatable bonds is 6. The first-order valence-corrected chi connectivity index (χ1v) is 8.60. The zero-order chi connectivity index (χ0) is 17.0. The molecule has 1 aromatic heterocycles. The second-order valence-electron chi connectivity index (χ2n) is 6.28. The van der Waals surface area contributed by atoms with Gasteiger partial charge in [0.05, 0.1) is 17.2 Å². The Morgan fingerprint density at radius 2 is 2.04 bits per heavy atom. The maximum absolute atomic E-state index is 12.4. The summed E-state index contributed by atoms with van der Waals surface area (Å²) < 4.78 is 2.16. The molecule has 124 valence electrons. The van der Waals surface area contributed by atoms with Crippen LogP contribution >= 0.6 is 15.9 Å². The predicted octanol–water partition coefficient (Wildman–Crippen LogP) is 3.10. The molecule has 0 aliphatic heterocycles. The highest BCUT2D eigenvalue weighted by molar-refractivity contribution is 9.10. The fraction of sp³-hybridized carbons (Fsp3) is 0.471. The predicted molar refractivity (Wildman–Crippen MR) is 95.4 cm³/mol. The SMILES string of the molecule is CC(C)CC[C@H](C)NC(=O)Cn1cnc2ccc(Br)cc2c1=O. The Balaban J connectivity index is 2.08. The lowest BCUT2D eigenvalue weighted by molar-refractivity contribution is -0.122. The van der Waals surface area contributed by atoms with Crippen LogP contribution in [0, 0.1) is 5.92 Å². The molecule has 1 amide bonds. The molecule has 5 nitrogen and oxygen atoms in total. The Morgan fingerprint density at radius 1 is 1.30 bits per heavy atom. The van der Waals surface area contributed by atoms with Crippen LogP contribution in [0.15, 0.2) is 33.8 Å². The molecule has 0 bridgehead atoms. The van der Waals surface area contributed by atoms with E-state index in [9.17, 15) is 9.59 Å². The van der Waals surface area contributed by atoms with Crippen LogP contribution in [-0.2, 0) is 11.3 Å². The number of fused-ring (bicyclic) bond motifs is 1. The first-order valence-electron chi connectivity index (χ1n) is 7.81. The van der Waals surface area contributed by atoms with E-state index in [0.29, 0.717) is 16.8 Å². The third kappa shape index (κ3) is 4.89. The molecule has 2 rings (SSSR count). The fourth-order valence-corrected chi connectivity index (χ4v) is 2.74. The lowest BCUT2D eigenvalue weighted by Crippen LogP contribution is -2.37. The number of nitrogens with one attached hydrogen (secondary N) is 1. The molecule has 0 spiro atoms. The van der Waals surface area contributed by atoms with Crippen LogP contribution in [0.5, 0.6) is 0 Å². The summed E-state index contributed by atoms with van der Waals surface area (Å²) in [5.74, 6) is 0.444. The molecule has 1 atom stereocenters. The number of hydrogen-bond donors (Lipinski definition) is 1. The number of halogens is 1. The average molecular weight is 380 g/mol. The number of amides is 1. The molecular formula is C17H22BrN3O2. The highest BCUT2D eigenvalue weighted by atomic mass is 79.9. The molecule has 6 heteroatoms. The highest BCUT2D eigenvalue weighted by Crippen LogP contribution is 2.14. The van der Waals surface area contributed by atoms with Crippen LogP contribution in [-0.4, -0.2) is 21.5 Å². The third-order valence-corrected chi connectivity index (χ3v) is 4.18. The van der Waals surface area contributed by atoms with Crippen molar-refractivity contribution >= 4 is 32.7 Å². The van der Waals surface area contributed by atoms with Crippen molar-refractivity contribution in [1.82, 2.24) is 14.9 Å². The largest absolute Gasteiger partial charge is 0.352 e. The van der Waals surface area contributed by atoms with Gasteiger partial charge in [0.1, 0.15) is 6.54 Å². The van der Waals surface area contributed by atoms with Gasteiger partial charge in [0.15, 0.2) is 0 Å². The minimum atomic E-state index is -0.207. The van der Waals surface area contributed by atoms with Gasteiger partial charge in [-0.05, 0) is 43.9 Å². The zero-order valence-electron chi connectivity index (χ0n) is 13.7. The van der Waals surface area contributed by atoms with Crippen molar-refractivity contribution in [3.63, 3.8) is 0 Å². The van der Waals surface area contributed by atoms with Crippen molar-refractivity contribution in [3.05, 3.63) is 39.4 Å². The minimum absolute atomic E-state index is 0.0136. The Hall–Kier alpha value is -1.69. The van der Waals surface area contributed by atoms with Crippen molar-refractivity contribution in [2.45, 2.75) is 46.2 Å². The molecule has 2 aromatic rings. The molecule has 0 fully saturated rings. The zero-order valence-corrected chi connectivity index (χ0v) is 15.3. The van der Waals surface area contributed by atoms with Crippen LogP contribution < -0.4 is 10.9 Å². The minimum Gasteiger partial charge on any atom is -0.352 e. The lowest BCUT2D eigenvalue weighted by Gasteiger charge is -2.15. The van der Waals surface area contributed by atoms with E-state index in [1.54, 1.807) is 12.1 Å². The Morgan fingerprint density at radius 3 is 2.74 bits per heavy atom. The van der Waals surface area contributed by atoms with E-state index < -0.39 is 0 Å².